The molecule has 74 valence electrons. The molecule has 2 unspecified atom stereocenters. The summed E-state index contributed by atoms with van der Waals surface area (Å²) in [7, 11) is 0. The Morgan fingerprint density at radius 1 is 1.57 bits per heavy atom. The molecule has 4 heteroatoms. The van der Waals surface area contributed by atoms with Gasteiger partial charge in [-0.15, -0.1) is 6.42 Å². The topological polar surface area (TPSA) is 66.4 Å². The fourth-order valence-electron chi connectivity index (χ4n) is 1.34. The van der Waals surface area contributed by atoms with Gasteiger partial charge in [0.25, 0.3) is 0 Å². The number of terminal acetylenes is 1. The van der Waals surface area contributed by atoms with Crippen LogP contribution >= 0.6 is 0 Å². The first-order valence-electron chi connectivity index (χ1n) is 4.27. The first kappa shape index (κ1) is 10.3. The van der Waals surface area contributed by atoms with Gasteiger partial charge in [-0.05, 0) is 6.42 Å². The molecule has 1 rings (SSSR count). The number of aliphatic carboxylic acids is 1. The van der Waals surface area contributed by atoms with Crippen molar-refractivity contribution in [3.05, 3.63) is 12.2 Å². The summed E-state index contributed by atoms with van der Waals surface area (Å²) in [6, 6.07) is -0.197. The predicted molar refractivity (Wildman–Crippen MR) is 50.3 cm³/mol. The van der Waals surface area contributed by atoms with Gasteiger partial charge in [0, 0.05) is 6.04 Å². The number of carbonyl (C=O) groups excluding carboxylic acids is 1. The fraction of sp³-hybridized carbons (Fsp3) is 0.400. The zero-order chi connectivity index (χ0) is 10.6. The summed E-state index contributed by atoms with van der Waals surface area (Å²) in [6.07, 6.45) is 8.67. The minimum Gasteiger partial charge on any atom is -0.481 e. The lowest BCUT2D eigenvalue weighted by Gasteiger charge is -2.10. The van der Waals surface area contributed by atoms with Crippen molar-refractivity contribution >= 4 is 11.9 Å². The van der Waals surface area contributed by atoms with Crippen LogP contribution in [0.25, 0.3) is 0 Å². The molecule has 0 spiro atoms. The Labute approximate surface area is 82.0 Å². The highest BCUT2D eigenvalue weighted by atomic mass is 16.4. The number of carbonyl (C=O) groups is 2. The Morgan fingerprint density at radius 3 is 2.79 bits per heavy atom. The Balaban J connectivity index is 2.38. The van der Waals surface area contributed by atoms with Crippen molar-refractivity contribution in [2.75, 3.05) is 0 Å². The molecule has 0 aromatic carbocycles. The Kier molecular flexibility index (Phi) is 3.29. The Bertz CT molecular complexity index is 314. The number of carboxylic acid groups (broad SMARTS) is 1. The molecule has 0 heterocycles. The molecule has 0 bridgehead atoms. The number of amides is 1. The van der Waals surface area contributed by atoms with Crippen molar-refractivity contribution in [1.29, 1.82) is 0 Å². The van der Waals surface area contributed by atoms with E-state index < -0.39 is 11.9 Å². The lowest BCUT2D eigenvalue weighted by atomic mass is 10.1. The monoisotopic (exact) mass is 193 g/mol. The second-order valence-corrected chi connectivity index (χ2v) is 3.12. The molecule has 0 aromatic heterocycles. The van der Waals surface area contributed by atoms with Gasteiger partial charge in [0.15, 0.2) is 0 Å². The van der Waals surface area contributed by atoms with Crippen LogP contribution < -0.4 is 5.32 Å². The molecule has 1 amide bonds. The molecule has 0 fully saturated rings. The largest absolute Gasteiger partial charge is 0.481 e. The third-order valence-corrected chi connectivity index (χ3v) is 2.01. The van der Waals surface area contributed by atoms with E-state index >= 15 is 0 Å². The van der Waals surface area contributed by atoms with E-state index in [4.69, 9.17) is 11.5 Å². The van der Waals surface area contributed by atoms with E-state index in [1.807, 2.05) is 0 Å². The number of rotatable bonds is 3. The first-order valence-corrected chi connectivity index (χ1v) is 4.27. The van der Waals surface area contributed by atoms with Crippen LogP contribution in [0.4, 0.5) is 0 Å². The standard InChI is InChI=1S/C10H11NO3/c1-2-3-9(12)11-8-5-4-7(6-8)10(13)14/h1,4-5,7-8H,3,6H2,(H,11,12)(H,13,14). The van der Waals surface area contributed by atoms with Crippen molar-refractivity contribution in [2.24, 2.45) is 5.92 Å². The second kappa shape index (κ2) is 4.47. The first-order chi connectivity index (χ1) is 6.63. The van der Waals surface area contributed by atoms with Gasteiger partial charge in [-0.2, -0.15) is 0 Å². The molecule has 1 aliphatic rings. The zero-order valence-corrected chi connectivity index (χ0v) is 7.56. The van der Waals surface area contributed by atoms with Crippen molar-refractivity contribution in [1.82, 2.24) is 5.32 Å². The van der Waals surface area contributed by atoms with Gasteiger partial charge in [0.05, 0.1) is 12.3 Å². The quantitative estimate of drug-likeness (QED) is 0.495. The highest BCUT2D eigenvalue weighted by Gasteiger charge is 2.24. The van der Waals surface area contributed by atoms with Crippen LogP contribution in [0.5, 0.6) is 0 Å². The summed E-state index contributed by atoms with van der Waals surface area (Å²) in [4.78, 5) is 21.6. The van der Waals surface area contributed by atoms with Gasteiger partial charge in [0.2, 0.25) is 5.91 Å². The van der Waals surface area contributed by atoms with Gasteiger partial charge in [-0.1, -0.05) is 18.1 Å². The zero-order valence-electron chi connectivity index (χ0n) is 7.56. The summed E-state index contributed by atoms with van der Waals surface area (Å²) < 4.78 is 0. The maximum Gasteiger partial charge on any atom is 0.310 e. The molecular weight excluding hydrogens is 182 g/mol. The van der Waals surface area contributed by atoms with E-state index in [9.17, 15) is 9.59 Å². The Hall–Kier alpha value is -1.76. The SMILES string of the molecule is C#CCC(=O)NC1C=CC(C(=O)O)C1. The molecule has 14 heavy (non-hydrogen) atoms. The predicted octanol–water partition coefficient (Wildman–Crippen LogP) is 0.155. The summed E-state index contributed by atoms with van der Waals surface area (Å²) in [5.41, 5.74) is 0. The van der Waals surface area contributed by atoms with E-state index in [0.29, 0.717) is 6.42 Å². The number of hydrogen-bond donors (Lipinski definition) is 2. The number of carboxylic acids is 1. The second-order valence-electron chi connectivity index (χ2n) is 3.12. The van der Waals surface area contributed by atoms with Crippen molar-refractivity contribution in [3.63, 3.8) is 0 Å². The van der Waals surface area contributed by atoms with Crippen LogP contribution in [0.3, 0.4) is 0 Å². The molecule has 0 radical (unpaired) electrons. The summed E-state index contributed by atoms with van der Waals surface area (Å²) >= 11 is 0. The van der Waals surface area contributed by atoms with Crippen LogP contribution in [0.15, 0.2) is 12.2 Å². The maximum atomic E-state index is 11.0. The molecule has 2 atom stereocenters. The summed E-state index contributed by atoms with van der Waals surface area (Å²) in [5, 5.41) is 11.3. The average Bonchev–Trinajstić information content (AvgIpc) is 2.53. The minimum absolute atomic E-state index is 0.0298. The lowest BCUT2D eigenvalue weighted by molar-refractivity contribution is -0.140. The molecule has 0 saturated heterocycles. The molecule has 4 nitrogen and oxygen atoms in total. The van der Waals surface area contributed by atoms with Crippen LogP contribution in [-0.2, 0) is 9.59 Å². The molecule has 0 saturated carbocycles. The third-order valence-electron chi connectivity index (χ3n) is 2.01. The van der Waals surface area contributed by atoms with Gasteiger partial charge in [-0.25, -0.2) is 0 Å². The van der Waals surface area contributed by atoms with E-state index in [2.05, 4.69) is 11.2 Å². The van der Waals surface area contributed by atoms with E-state index in [0.717, 1.165) is 0 Å². The average molecular weight is 193 g/mol. The van der Waals surface area contributed by atoms with E-state index in [-0.39, 0.29) is 18.4 Å². The smallest absolute Gasteiger partial charge is 0.310 e. The van der Waals surface area contributed by atoms with E-state index in [1.165, 1.54) is 0 Å². The Morgan fingerprint density at radius 2 is 2.29 bits per heavy atom. The van der Waals surface area contributed by atoms with Crippen LogP contribution in [0, 0.1) is 18.3 Å². The van der Waals surface area contributed by atoms with Crippen molar-refractivity contribution in [2.45, 2.75) is 18.9 Å². The third kappa shape index (κ3) is 2.63. The van der Waals surface area contributed by atoms with Crippen LogP contribution in [0.2, 0.25) is 0 Å². The highest BCUT2D eigenvalue weighted by Crippen LogP contribution is 2.17. The molecule has 0 aromatic rings. The number of hydrogen-bond acceptors (Lipinski definition) is 2. The van der Waals surface area contributed by atoms with Gasteiger partial charge >= 0.3 is 5.97 Å². The number of nitrogens with one attached hydrogen (secondary N) is 1. The highest BCUT2D eigenvalue weighted by molar-refractivity contribution is 5.79. The normalized spacial score (nSPS) is 24.2. The van der Waals surface area contributed by atoms with Crippen molar-refractivity contribution in [3.8, 4) is 12.3 Å². The van der Waals surface area contributed by atoms with Gasteiger partial charge in [0.1, 0.15) is 0 Å². The minimum atomic E-state index is -0.866. The maximum absolute atomic E-state index is 11.0. The van der Waals surface area contributed by atoms with Crippen LogP contribution in [0.1, 0.15) is 12.8 Å². The molecule has 0 aliphatic heterocycles. The summed E-state index contributed by atoms with van der Waals surface area (Å²) in [5.74, 6) is 0.620. The van der Waals surface area contributed by atoms with E-state index in [1.54, 1.807) is 12.2 Å². The van der Waals surface area contributed by atoms with Gasteiger partial charge in [-0.3, -0.25) is 9.59 Å². The van der Waals surface area contributed by atoms with Gasteiger partial charge < -0.3 is 10.4 Å². The summed E-state index contributed by atoms with van der Waals surface area (Å²) in [6.45, 7) is 0. The van der Waals surface area contributed by atoms with Crippen LogP contribution in [-0.4, -0.2) is 23.0 Å². The fourth-order valence-corrected chi connectivity index (χ4v) is 1.34. The molecule has 1 aliphatic carbocycles. The van der Waals surface area contributed by atoms with Crippen molar-refractivity contribution < 1.29 is 14.7 Å². The lowest BCUT2D eigenvalue weighted by Crippen LogP contribution is -2.32. The molecular formula is C10H11NO3. The molecule has 2 N–H and O–H groups in total.